The molecule has 152 valence electrons. The summed E-state index contributed by atoms with van der Waals surface area (Å²) in [5, 5.41) is 4.09. The molecule has 2 heterocycles. The molecule has 0 aliphatic carbocycles. The van der Waals surface area contributed by atoms with E-state index in [1.54, 1.807) is 6.07 Å². The molecule has 0 amide bonds. The van der Waals surface area contributed by atoms with Crippen LogP contribution in [0.4, 0.5) is 0 Å². The number of hydrogen-bond acceptors (Lipinski definition) is 5. The topological polar surface area (TPSA) is 76.3 Å². The van der Waals surface area contributed by atoms with Gasteiger partial charge >= 0.3 is 0 Å². The highest BCUT2D eigenvalue weighted by atomic mass is 32.2. The Morgan fingerprint density at radius 2 is 1.69 bits per heavy atom. The molecule has 0 unspecified atom stereocenters. The SMILES string of the molecule is Cc1ccc(-c2noc([C@H]3CCCN3S(=O)(=O)c3cc(C)c(C)cc3C)n2)cc1. The van der Waals surface area contributed by atoms with Crippen molar-refractivity contribution >= 4 is 10.0 Å². The van der Waals surface area contributed by atoms with Crippen molar-refractivity contribution in [2.75, 3.05) is 6.54 Å². The zero-order valence-electron chi connectivity index (χ0n) is 17.1. The molecular weight excluding hydrogens is 386 g/mol. The zero-order chi connectivity index (χ0) is 20.8. The lowest BCUT2D eigenvalue weighted by Crippen LogP contribution is -2.31. The Kier molecular flexibility index (Phi) is 5.04. The summed E-state index contributed by atoms with van der Waals surface area (Å²) in [6.45, 7) is 8.22. The molecule has 2 aromatic carbocycles. The van der Waals surface area contributed by atoms with Crippen LogP contribution in [-0.4, -0.2) is 29.4 Å². The van der Waals surface area contributed by atoms with E-state index in [1.807, 2.05) is 58.0 Å². The number of benzene rings is 2. The fourth-order valence-corrected chi connectivity index (χ4v) is 5.75. The normalized spacial score (nSPS) is 17.7. The molecule has 1 aliphatic rings. The maximum Gasteiger partial charge on any atom is 0.245 e. The first-order valence-corrected chi connectivity index (χ1v) is 11.2. The van der Waals surface area contributed by atoms with Gasteiger partial charge in [-0.15, -0.1) is 0 Å². The molecule has 0 spiro atoms. The zero-order valence-corrected chi connectivity index (χ0v) is 18.0. The van der Waals surface area contributed by atoms with Crippen LogP contribution in [0.25, 0.3) is 11.4 Å². The molecule has 0 N–H and O–H groups in total. The van der Waals surface area contributed by atoms with E-state index in [0.717, 1.165) is 34.2 Å². The predicted molar refractivity (Wildman–Crippen MR) is 111 cm³/mol. The second-order valence-electron chi connectivity index (χ2n) is 7.80. The third-order valence-corrected chi connectivity index (χ3v) is 7.67. The molecule has 1 aromatic heterocycles. The van der Waals surface area contributed by atoms with Gasteiger partial charge in [0.1, 0.15) is 6.04 Å². The van der Waals surface area contributed by atoms with E-state index in [0.29, 0.717) is 29.6 Å². The van der Waals surface area contributed by atoms with Crippen LogP contribution >= 0.6 is 0 Å². The van der Waals surface area contributed by atoms with Crippen LogP contribution in [0.1, 0.15) is 47.0 Å². The van der Waals surface area contributed by atoms with Crippen LogP contribution in [0, 0.1) is 27.7 Å². The molecular formula is C22H25N3O3S. The van der Waals surface area contributed by atoms with E-state index in [-0.39, 0.29) is 0 Å². The lowest BCUT2D eigenvalue weighted by atomic mass is 10.1. The number of nitrogens with zero attached hydrogens (tertiary/aromatic N) is 3. The van der Waals surface area contributed by atoms with Crippen molar-refractivity contribution in [1.29, 1.82) is 0 Å². The Balaban J connectivity index is 1.68. The minimum absolute atomic E-state index is 0.350. The first-order chi connectivity index (χ1) is 13.8. The van der Waals surface area contributed by atoms with Crippen molar-refractivity contribution in [2.24, 2.45) is 0 Å². The second-order valence-corrected chi connectivity index (χ2v) is 9.66. The lowest BCUT2D eigenvalue weighted by molar-refractivity contribution is 0.290. The Bertz CT molecular complexity index is 1150. The minimum atomic E-state index is -3.66. The number of hydrogen-bond donors (Lipinski definition) is 0. The highest BCUT2D eigenvalue weighted by molar-refractivity contribution is 7.89. The van der Waals surface area contributed by atoms with Crippen molar-refractivity contribution in [3.05, 3.63) is 64.5 Å². The van der Waals surface area contributed by atoms with Crippen molar-refractivity contribution in [1.82, 2.24) is 14.4 Å². The maximum absolute atomic E-state index is 13.5. The number of aryl methyl sites for hydroxylation is 4. The number of aromatic nitrogens is 2. The van der Waals surface area contributed by atoms with Crippen molar-refractivity contribution in [3.63, 3.8) is 0 Å². The van der Waals surface area contributed by atoms with Crippen LogP contribution in [0.5, 0.6) is 0 Å². The summed E-state index contributed by atoms with van der Waals surface area (Å²) in [7, 11) is -3.66. The van der Waals surface area contributed by atoms with Gasteiger partial charge in [-0.05, 0) is 63.3 Å². The van der Waals surface area contributed by atoms with E-state index in [9.17, 15) is 8.42 Å². The molecule has 4 rings (SSSR count). The van der Waals surface area contributed by atoms with Gasteiger partial charge in [0.05, 0.1) is 4.90 Å². The monoisotopic (exact) mass is 411 g/mol. The van der Waals surface area contributed by atoms with Gasteiger partial charge in [0.25, 0.3) is 0 Å². The van der Waals surface area contributed by atoms with Gasteiger partial charge in [-0.2, -0.15) is 9.29 Å². The molecule has 29 heavy (non-hydrogen) atoms. The molecule has 1 fully saturated rings. The van der Waals surface area contributed by atoms with Gasteiger partial charge in [-0.3, -0.25) is 0 Å². The Morgan fingerprint density at radius 1 is 1.00 bits per heavy atom. The van der Waals surface area contributed by atoms with Crippen molar-refractivity contribution < 1.29 is 12.9 Å². The summed E-state index contributed by atoms with van der Waals surface area (Å²) in [4.78, 5) is 4.87. The van der Waals surface area contributed by atoms with Gasteiger partial charge in [0, 0.05) is 12.1 Å². The molecule has 6 nitrogen and oxygen atoms in total. The smallest absolute Gasteiger partial charge is 0.245 e. The summed E-state index contributed by atoms with van der Waals surface area (Å²) >= 11 is 0. The van der Waals surface area contributed by atoms with Gasteiger partial charge < -0.3 is 4.52 Å². The highest BCUT2D eigenvalue weighted by Crippen LogP contribution is 2.37. The maximum atomic E-state index is 13.5. The third kappa shape index (κ3) is 3.60. The van der Waals surface area contributed by atoms with E-state index in [1.165, 1.54) is 4.31 Å². The van der Waals surface area contributed by atoms with E-state index < -0.39 is 16.1 Å². The Hall–Kier alpha value is -2.51. The average molecular weight is 412 g/mol. The Labute approximate surface area is 171 Å². The highest BCUT2D eigenvalue weighted by Gasteiger charge is 2.40. The molecule has 0 radical (unpaired) electrons. The molecule has 1 saturated heterocycles. The van der Waals surface area contributed by atoms with E-state index in [2.05, 4.69) is 10.1 Å². The first-order valence-electron chi connectivity index (χ1n) is 9.77. The summed E-state index contributed by atoms with van der Waals surface area (Å²) < 4.78 is 33.9. The van der Waals surface area contributed by atoms with Crippen molar-refractivity contribution in [2.45, 2.75) is 51.5 Å². The summed E-state index contributed by atoms with van der Waals surface area (Å²) in [6.07, 6.45) is 1.43. The van der Waals surface area contributed by atoms with Crippen LogP contribution < -0.4 is 0 Å². The second kappa shape index (κ2) is 7.39. The molecule has 1 aliphatic heterocycles. The average Bonchev–Trinajstić information content (AvgIpc) is 3.34. The lowest BCUT2D eigenvalue weighted by Gasteiger charge is -2.23. The minimum Gasteiger partial charge on any atom is -0.337 e. The predicted octanol–water partition coefficient (Wildman–Crippen LogP) is 4.50. The number of rotatable bonds is 4. The summed E-state index contributed by atoms with van der Waals surface area (Å²) in [6, 6.07) is 11.1. The molecule has 7 heteroatoms. The fraction of sp³-hybridized carbons (Fsp3) is 0.364. The molecule has 1 atom stereocenters. The summed E-state index contributed by atoms with van der Waals surface area (Å²) in [5.74, 6) is 0.828. The molecule has 0 bridgehead atoms. The van der Waals surface area contributed by atoms with Crippen molar-refractivity contribution in [3.8, 4) is 11.4 Å². The van der Waals surface area contributed by atoms with Crippen LogP contribution in [-0.2, 0) is 10.0 Å². The fourth-order valence-electron chi connectivity index (χ4n) is 3.80. The standard InChI is InChI=1S/C22H25N3O3S/c1-14-7-9-18(10-8-14)21-23-22(28-24-21)19-6-5-11-25(19)29(26,27)20-13-16(3)15(2)12-17(20)4/h7-10,12-13,19H,5-6,11H2,1-4H3/t19-/m1/s1. The van der Waals surface area contributed by atoms with E-state index in [4.69, 9.17) is 4.52 Å². The van der Waals surface area contributed by atoms with Gasteiger partial charge in [-0.1, -0.05) is 41.1 Å². The quantitative estimate of drug-likeness (QED) is 0.632. The molecule has 3 aromatic rings. The van der Waals surface area contributed by atoms with Crippen LogP contribution in [0.15, 0.2) is 45.8 Å². The molecule has 0 saturated carbocycles. The van der Waals surface area contributed by atoms with Crippen LogP contribution in [0.3, 0.4) is 0 Å². The Morgan fingerprint density at radius 3 is 2.41 bits per heavy atom. The van der Waals surface area contributed by atoms with Crippen LogP contribution in [0.2, 0.25) is 0 Å². The largest absolute Gasteiger partial charge is 0.337 e. The van der Waals surface area contributed by atoms with Gasteiger partial charge in [0.15, 0.2) is 0 Å². The van der Waals surface area contributed by atoms with Gasteiger partial charge in [0.2, 0.25) is 21.7 Å². The summed E-state index contributed by atoms with van der Waals surface area (Å²) in [5.41, 5.74) is 4.80. The van der Waals surface area contributed by atoms with E-state index >= 15 is 0 Å². The third-order valence-electron chi connectivity index (χ3n) is 5.62. The first kappa shape index (κ1) is 19.8. The van der Waals surface area contributed by atoms with Gasteiger partial charge in [-0.25, -0.2) is 8.42 Å². The number of sulfonamides is 1.